The highest BCUT2D eigenvalue weighted by atomic mass is 16.2. The first-order chi connectivity index (χ1) is 15.6. The maximum Gasteiger partial charge on any atom is 0.237 e. The number of allylic oxidation sites excluding steroid dienone is 1. The number of carbonyl (C=O) groups is 3. The van der Waals surface area contributed by atoms with Crippen molar-refractivity contribution >= 4 is 18.1 Å². The zero-order chi connectivity index (χ0) is 23.0. The summed E-state index contributed by atoms with van der Waals surface area (Å²) in [6.45, 7) is 5.25. The van der Waals surface area contributed by atoms with Gasteiger partial charge in [-0.05, 0) is 54.0 Å². The summed E-state index contributed by atoms with van der Waals surface area (Å²) in [4.78, 5) is 35.6. The first-order valence-electron chi connectivity index (χ1n) is 11.6. The monoisotopic (exact) mass is 431 g/mol. The summed E-state index contributed by atoms with van der Waals surface area (Å²) < 4.78 is 0. The molecule has 1 atom stereocenters. The van der Waals surface area contributed by atoms with Crippen molar-refractivity contribution in [2.24, 2.45) is 0 Å². The average molecular weight is 432 g/mol. The van der Waals surface area contributed by atoms with Gasteiger partial charge >= 0.3 is 0 Å². The summed E-state index contributed by atoms with van der Waals surface area (Å²) in [7, 11) is 0. The fourth-order valence-corrected chi connectivity index (χ4v) is 4.99. The van der Waals surface area contributed by atoms with Crippen LogP contribution < -0.4 is 5.32 Å². The van der Waals surface area contributed by atoms with Crippen LogP contribution in [0.15, 0.2) is 55.1 Å². The Morgan fingerprint density at radius 2 is 1.66 bits per heavy atom. The zero-order valence-electron chi connectivity index (χ0n) is 19.0. The second-order valence-corrected chi connectivity index (χ2v) is 8.68. The Bertz CT molecular complexity index is 994. The van der Waals surface area contributed by atoms with Crippen molar-refractivity contribution in [1.82, 2.24) is 5.32 Å². The third kappa shape index (κ3) is 4.90. The van der Waals surface area contributed by atoms with Crippen molar-refractivity contribution in [3.8, 4) is 11.1 Å². The highest BCUT2D eigenvalue weighted by Gasteiger charge is 2.49. The molecule has 1 aliphatic carbocycles. The van der Waals surface area contributed by atoms with E-state index >= 15 is 0 Å². The minimum atomic E-state index is -0.757. The van der Waals surface area contributed by atoms with Crippen molar-refractivity contribution < 1.29 is 14.4 Å². The van der Waals surface area contributed by atoms with Gasteiger partial charge in [0.1, 0.15) is 6.29 Å². The lowest BCUT2D eigenvalue weighted by atomic mass is 9.72. The molecule has 0 bridgehead atoms. The van der Waals surface area contributed by atoms with Crippen LogP contribution in [0.1, 0.15) is 75.0 Å². The van der Waals surface area contributed by atoms with Crippen LogP contribution in [-0.2, 0) is 26.2 Å². The molecule has 1 unspecified atom stereocenters. The summed E-state index contributed by atoms with van der Waals surface area (Å²) in [6, 6.07) is 14.6. The maximum atomic E-state index is 13.0. The Balaban J connectivity index is 0.000000913. The first kappa shape index (κ1) is 23.6. The van der Waals surface area contributed by atoms with Gasteiger partial charge < -0.3 is 4.79 Å². The maximum absolute atomic E-state index is 13.0. The molecule has 168 valence electrons. The molecular formula is C28H33NO3. The fraction of sp³-hybridized carbons (Fsp3) is 0.393. The Morgan fingerprint density at radius 3 is 2.38 bits per heavy atom. The van der Waals surface area contributed by atoms with Crippen molar-refractivity contribution in [2.45, 2.75) is 70.1 Å². The van der Waals surface area contributed by atoms with E-state index in [2.05, 4.69) is 36.2 Å². The number of amides is 2. The second kappa shape index (κ2) is 11.0. The second-order valence-electron chi connectivity index (χ2n) is 8.68. The summed E-state index contributed by atoms with van der Waals surface area (Å²) in [5, 5.41) is 2.57. The van der Waals surface area contributed by atoms with Crippen LogP contribution in [0.25, 0.3) is 11.1 Å². The molecule has 2 aromatic carbocycles. The summed E-state index contributed by atoms with van der Waals surface area (Å²) >= 11 is 0. The van der Waals surface area contributed by atoms with Crippen molar-refractivity contribution in [3.63, 3.8) is 0 Å². The number of nitrogens with one attached hydrogen (secondary N) is 1. The molecule has 1 fully saturated rings. The molecule has 2 aromatic rings. The van der Waals surface area contributed by atoms with Gasteiger partial charge in [0.05, 0.1) is 5.41 Å². The van der Waals surface area contributed by atoms with E-state index in [1.165, 1.54) is 22.3 Å². The number of imide groups is 1. The van der Waals surface area contributed by atoms with E-state index in [9.17, 15) is 14.4 Å². The lowest BCUT2D eigenvalue weighted by molar-refractivity contribution is -0.126. The molecular weight excluding hydrogens is 398 g/mol. The van der Waals surface area contributed by atoms with Gasteiger partial charge in [0, 0.05) is 12.8 Å². The van der Waals surface area contributed by atoms with Gasteiger partial charge in [-0.3, -0.25) is 14.9 Å². The van der Waals surface area contributed by atoms with Crippen LogP contribution in [0.3, 0.4) is 0 Å². The van der Waals surface area contributed by atoms with E-state index in [1.807, 2.05) is 25.1 Å². The number of aldehydes is 1. The highest BCUT2D eigenvalue weighted by molar-refractivity contribution is 6.09. The van der Waals surface area contributed by atoms with Gasteiger partial charge in [0.25, 0.3) is 0 Å². The molecule has 0 spiro atoms. The van der Waals surface area contributed by atoms with Crippen molar-refractivity contribution in [1.29, 1.82) is 0 Å². The van der Waals surface area contributed by atoms with Crippen molar-refractivity contribution in [3.05, 3.63) is 71.8 Å². The topological polar surface area (TPSA) is 63.2 Å². The van der Waals surface area contributed by atoms with Crippen LogP contribution in [0.4, 0.5) is 0 Å². The molecule has 1 aliphatic heterocycles. The van der Waals surface area contributed by atoms with E-state index in [0.717, 1.165) is 50.4 Å². The van der Waals surface area contributed by atoms with Crippen LogP contribution in [0.2, 0.25) is 0 Å². The smallest absolute Gasteiger partial charge is 0.237 e. The van der Waals surface area contributed by atoms with Crippen LogP contribution >= 0.6 is 0 Å². The van der Waals surface area contributed by atoms with Gasteiger partial charge in [-0.1, -0.05) is 74.2 Å². The number of benzene rings is 2. The summed E-state index contributed by atoms with van der Waals surface area (Å²) in [5.74, 6) is -0.318. The summed E-state index contributed by atoms with van der Waals surface area (Å²) in [6.07, 6.45) is 10.0. The summed E-state index contributed by atoms with van der Waals surface area (Å²) in [5.41, 5.74) is 5.18. The van der Waals surface area contributed by atoms with E-state index in [1.54, 1.807) is 6.08 Å². The number of fused-ring (bicyclic) bond motifs is 3. The molecule has 1 heterocycles. The van der Waals surface area contributed by atoms with E-state index in [4.69, 9.17) is 0 Å². The zero-order valence-corrected chi connectivity index (χ0v) is 19.0. The Morgan fingerprint density at radius 1 is 0.969 bits per heavy atom. The van der Waals surface area contributed by atoms with Crippen LogP contribution in [0.5, 0.6) is 0 Å². The standard InChI is InChI=1S/C25H27NO3.C3H6/c27-15-8-4-2-1-3-7-14-25(17-23(28)26-24(25)29)22-13-9-12-20-19-11-6-5-10-18(19)16-21(20)22;1-3-2/h5-6,9-13,15H,1-4,7-8,14,16-17H2,(H,26,28,29);3H,1H2,2H3. The largest absolute Gasteiger partial charge is 0.303 e. The van der Waals surface area contributed by atoms with Gasteiger partial charge in [-0.2, -0.15) is 0 Å². The van der Waals surface area contributed by atoms with Gasteiger partial charge in [0.15, 0.2) is 0 Å². The highest BCUT2D eigenvalue weighted by Crippen LogP contribution is 2.46. The van der Waals surface area contributed by atoms with Crippen LogP contribution in [0, 0.1) is 0 Å². The number of hydrogen-bond donors (Lipinski definition) is 1. The lowest BCUT2D eigenvalue weighted by Crippen LogP contribution is -2.36. The third-order valence-corrected chi connectivity index (χ3v) is 6.44. The van der Waals surface area contributed by atoms with Gasteiger partial charge in [-0.15, -0.1) is 6.58 Å². The van der Waals surface area contributed by atoms with Gasteiger partial charge in [-0.25, -0.2) is 0 Å². The Kier molecular flexibility index (Phi) is 8.15. The molecule has 2 aliphatic rings. The van der Waals surface area contributed by atoms with E-state index in [0.29, 0.717) is 12.8 Å². The quantitative estimate of drug-likeness (QED) is 0.206. The van der Waals surface area contributed by atoms with Gasteiger partial charge in [0.2, 0.25) is 11.8 Å². The molecule has 1 saturated heterocycles. The molecule has 0 radical (unpaired) electrons. The lowest BCUT2D eigenvalue weighted by Gasteiger charge is -2.28. The first-order valence-corrected chi connectivity index (χ1v) is 11.6. The van der Waals surface area contributed by atoms with E-state index in [-0.39, 0.29) is 18.2 Å². The van der Waals surface area contributed by atoms with Crippen molar-refractivity contribution in [2.75, 3.05) is 0 Å². The SMILES string of the molecule is C=CC.O=CCCCCCCCC1(c2cccc3c2Cc2ccccc2-3)CC(=O)NC1=O. The Labute approximate surface area is 191 Å². The Hall–Kier alpha value is -3.01. The number of rotatable bonds is 9. The molecule has 1 N–H and O–H groups in total. The molecule has 2 amide bonds. The van der Waals surface area contributed by atoms with E-state index < -0.39 is 5.41 Å². The molecule has 4 nitrogen and oxygen atoms in total. The fourth-order valence-electron chi connectivity index (χ4n) is 4.99. The predicted octanol–water partition coefficient (Wildman–Crippen LogP) is 5.66. The molecule has 0 saturated carbocycles. The molecule has 4 rings (SSSR count). The molecule has 0 aromatic heterocycles. The third-order valence-electron chi connectivity index (χ3n) is 6.44. The van der Waals surface area contributed by atoms with Crippen LogP contribution in [-0.4, -0.2) is 18.1 Å². The predicted molar refractivity (Wildman–Crippen MR) is 128 cm³/mol. The normalized spacial score (nSPS) is 18.3. The molecule has 32 heavy (non-hydrogen) atoms. The number of hydrogen-bond acceptors (Lipinski definition) is 3. The molecule has 4 heteroatoms. The minimum absolute atomic E-state index is 0.146. The number of unbranched alkanes of at least 4 members (excludes halogenated alkanes) is 5. The minimum Gasteiger partial charge on any atom is -0.303 e. The number of carbonyl (C=O) groups excluding carboxylic acids is 3. The average Bonchev–Trinajstić information content (AvgIpc) is 3.30.